The highest BCUT2D eigenvalue weighted by atomic mass is 16.5. The molecule has 1 aromatic heterocycles. The number of likely N-dealkylation sites (tertiary alicyclic amines) is 1. The predicted octanol–water partition coefficient (Wildman–Crippen LogP) is 2.13. The van der Waals surface area contributed by atoms with E-state index in [0.717, 1.165) is 24.9 Å². The number of aromatic nitrogens is 2. The zero-order valence-corrected chi connectivity index (χ0v) is 13.6. The largest absolute Gasteiger partial charge is 0.389 e. The Balaban J connectivity index is 1.46. The lowest BCUT2D eigenvalue weighted by atomic mass is 10.1. The number of β-amino-alcohol motifs (C(OH)–C–C–N with tert-alkyl or cyclic N) is 1. The standard InChI is InChI=1S/C18H25N3O2/c1-20-11-16(10-19-20)18-8-5-9-21(18)12-17(22)14-23-13-15-6-3-2-4-7-15/h2-4,6-7,10-11,17-18,22H,5,8-9,12-14H2,1H3/t17-,18+/m1/s1. The van der Waals surface area contributed by atoms with Crippen LogP contribution in [-0.2, 0) is 18.4 Å². The lowest BCUT2D eigenvalue weighted by Gasteiger charge is -2.26. The monoisotopic (exact) mass is 315 g/mol. The third-order valence-corrected chi connectivity index (χ3v) is 4.34. The number of hydrogen-bond donors (Lipinski definition) is 1. The second-order valence-corrected chi connectivity index (χ2v) is 6.25. The summed E-state index contributed by atoms with van der Waals surface area (Å²) in [4.78, 5) is 2.34. The Morgan fingerprint density at radius 1 is 1.35 bits per heavy atom. The van der Waals surface area contributed by atoms with E-state index in [9.17, 15) is 5.11 Å². The predicted molar refractivity (Wildman–Crippen MR) is 88.9 cm³/mol. The summed E-state index contributed by atoms with van der Waals surface area (Å²) < 4.78 is 7.48. The molecule has 1 N–H and O–H groups in total. The van der Waals surface area contributed by atoms with E-state index in [0.29, 0.717) is 25.8 Å². The Kier molecular flexibility index (Phi) is 5.43. The molecule has 0 amide bonds. The van der Waals surface area contributed by atoms with Gasteiger partial charge in [-0.3, -0.25) is 9.58 Å². The molecule has 124 valence electrons. The van der Waals surface area contributed by atoms with Gasteiger partial charge in [-0.1, -0.05) is 30.3 Å². The fraction of sp³-hybridized carbons (Fsp3) is 0.500. The first kappa shape index (κ1) is 16.2. The Morgan fingerprint density at radius 2 is 2.17 bits per heavy atom. The van der Waals surface area contributed by atoms with Crippen LogP contribution in [0.5, 0.6) is 0 Å². The van der Waals surface area contributed by atoms with Gasteiger partial charge in [0.05, 0.1) is 25.5 Å². The van der Waals surface area contributed by atoms with Gasteiger partial charge in [0.15, 0.2) is 0 Å². The summed E-state index contributed by atoms with van der Waals surface area (Å²) in [5.74, 6) is 0. The maximum atomic E-state index is 10.3. The van der Waals surface area contributed by atoms with Gasteiger partial charge in [0.2, 0.25) is 0 Å². The van der Waals surface area contributed by atoms with E-state index in [-0.39, 0.29) is 0 Å². The summed E-state index contributed by atoms with van der Waals surface area (Å²) in [6.07, 6.45) is 5.83. The molecule has 1 fully saturated rings. The lowest BCUT2D eigenvalue weighted by molar-refractivity contribution is 0.00771. The number of ether oxygens (including phenoxy) is 1. The van der Waals surface area contributed by atoms with Crippen molar-refractivity contribution < 1.29 is 9.84 Å². The summed E-state index contributed by atoms with van der Waals surface area (Å²) in [5, 5.41) is 14.5. The minimum atomic E-state index is -0.462. The molecule has 2 aromatic rings. The van der Waals surface area contributed by atoms with Gasteiger partial charge in [0.25, 0.3) is 0 Å². The third kappa shape index (κ3) is 4.41. The van der Waals surface area contributed by atoms with Crippen molar-refractivity contribution in [1.82, 2.24) is 14.7 Å². The normalized spacial score (nSPS) is 20.0. The fourth-order valence-electron chi connectivity index (χ4n) is 3.24. The first-order valence-corrected chi connectivity index (χ1v) is 8.24. The molecule has 1 aliphatic rings. The van der Waals surface area contributed by atoms with Crippen molar-refractivity contribution in [2.45, 2.75) is 31.6 Å². The highest BCUT2D eigenvalue weighted by molar-refractivity contribution is 5.13. The van der Waals surface area contributed by atoms with Crippen LogP contribution in [0.4, 0.5) is 0 Å². The number of hydrogen-bond acceptors (Lipinski definition) is 4. The van der Waals surface area contributed by atoms with Crippen LogP contribution in [-0.4, -0.2) is 45.6 Å². The summed E-state index contributed by atoms with van der Waals surface area (Å²) in [6, 6.07) is 10.4. The van der Waals surface area contributed by atoms with Crippen molar-refractivity contribution in [2.75, 3.05) is 19.7 Å². The number of rotatable bonds is 7. The van der Waals surface area contributed by atoms with Gasteiger partial charge in [-0.25, -0.2) is 0 Å². The number of aliphatic hydroxyl groups excluding tert-OH is 1. The van der Waals surface area contributed by atoms with Gasteiger partial charge < -0.3 is 9.84 Å². The van der Waals surface area contributed by atoms with Crippen molar-refractivity contribution in [1.29, 1.82) is 0 Å². The average molecular weight is 315 g/mol. The van der Waals surface area contributed by atoms with Crippen LogP contribution in [0.15, 0.2) is 42.7 Å². The number of aliphatic hydroxyl groups is 1. The SMILES string of the molecule is Cn1cc([C@@H]2CCCN2C[C@@H](O)COCc2ccccc2)cn1. The Morgan fingerprint density at radius 3 is 2.91 bits per heavy atom. The fourth-order valence-corrected chi connectivity index (χ4v) is 3.24. The maximum absolute atomic E-state index is 10.3. The molecule has 1 aliphatic heterocycles. The molecule has 0 aliphatic carbocycles. The zero-order valence-electron chi connectivity index (χ0n) is 13.6. The van der Waals surface area contributed by atoms with E-state index in [4.69, 9.17) is 4.74 Å². The van der Waals surface area contributed by atoms with Crippen LogP contribution in [0.3, 0.4) is 0 Å². The minimum absolute atomic E-state index is 0.366. The van der Waals surface area contributed by atoms with Crippen LogP contribution in [0.2, 0.25) is 0 Å². The van der Waals surface area contributed by atoms with Crippen LogP contribution in [0.25, 0.3) is 0 Å². The van der Waals surface area contributed by atoms with E-state index in [1.807, 2.05) is 48.3 Å². The highest BCUT2D eigenvalue weighted by Crippen LogP contribution is 2.31. The van der Waals surface area contributed by atoms with Crippen molar-refractivity contribution >= 4 is 0 Å². The number of nitrogens with zero attached hydrogens (tertiary/aromatic N) is 3. The van der Waals surface area contributed by atoms with Crippen molar-refractivity contribution in [3.63, 3.8) is 0 Å². The molecule has 3 rings (SSSR count). The van der Waals surface area contributed by atoms with Gasteiger partial charge in [-0.2, -0.15) is 5.10 Å². The third-order valence-electron chi connectivity index (χ3n) is 4.34. The first-order chi connectivity index (χ1) is 11.2. The second kappa shape index (κ2) is 7.73. The maximum Gasteiger partial charge on any atom is 0.0900 e. The van der Waals surface area contributed by atoms with Crippen molar-refractivity contribution in [3.8, 4) is 0 Å². The molecule has 0 bridgehead atoms. The molecular weight excluding hydrogens is 290 g/mol. The zero-order chi connectivity index (χ0) is 16.1. The van der Waals surface area contributed by atoms with Crippen molar-refractivity contribution in [2.24, 2.45) is 7.05 Å². The molecule has 2 heterocycles. The van der Waals surface area contributed by atoms with Crippen molar-refractivity contribution in [3.05, 3.63) is 53.9 Å². The summed E-state index contributed by atoms with van der Waals surface area (Å²) in [6.45, 7) is 2.58. The molecular formula is C18H25N3O2. The minimum Gasteiger partial charge on any atom is -0.389 e. The van der Waals surface area contributed by atoms with Gasteiger partial charge >= 0.3 is 0 Å². The molecule has 0 spiro atoms. The average Bonchev–Trinajstić information content (AvgIpc) is 3.17. The number of benzene rings is 1. The Hall–Kier alpha value is -1.69. The molecule has 23 heavy (non-hydrogen) atoms. The molecule has 0 unspecified atom stereocenters. The molecule has 0 radical (unpaired) electrons. The summed E-state index contributed by atoms with van der Waals surface area (Å²) >= 11 is 0. The Bertz CT molecular complexity index is 599. The number of aryl methyl sites for hydroxylation is 1. The van der Waals surface area contributed by atoms with E-state index in [1.54, 1.807) is 0 Å². The molecule has 2 atom stereocenters. The molecule has 5 nitrogen and oxygen atoms in total. The summed E-state index contributed by atoms with van der Waals surface area (Å²) in [7, 11) is 1.94. The molecule has 1 saturated heterocycles. The quantitative estimate of drug-likeness (QED) is 0.850. The van der Waals surface area contributed by atoms with Gasteiger partial charge in [-0.15, -0.1) is 0 Å². The van der Waals surface area contributed by atoms with Crippen LogP contribution in [0.1, 0.15) is 30.0 Å². The smallest absolute Gasteiger partial charge is 0.0900 e. The molecule has 5 heteroatoms. The second-order valence-electron chi connectivity index (χ2n) is 6.25. The van der Waals surface area contributed by atoms with E-state index in [2.05, 4.69) is 16.2 Å². The summed E-state index contributed by atoms with van der Waals surface area (Å²) in [5.41, 5.74) is 2.37. The topological polar surface area (TPSA) is 50.5 Å². The van der Waals surface area contributed by atoms with E-state index >= 15 is 0 Å². The van der Waals surface area contributed by atoms with Crippen LogP contribution in [0, 0.1) is 0 Å². The van der Waals surface area contributed by atoms with Crippen LogP contribution >= 0.6 is 0 Å². The van der Waals surface area contributed by atoms with E-state index < -0.39 is 6.10 Å². The van der Waals surface area contributed by atoms with Gasteiger partial charge in [-0.05, 0) is 24.9 Å². The van der Waals surface area contributed by atoms with Crippen LogP contribution < -0.4 is 0 Å². The molecule has 1 aromatic carbocycles. The highest BCUT2D eigenvalue weighted by Gasteiger charge is 2.28. The lowest BCUT2D eigenvalue weighted by Crippen LogP contribution is -2.34. The Labute approximate surface area is 137 Å². The van der Waals surface area contributed by atoms with E-state index in [1.165, 1.54) is 5.56 Å². The van der Waals surface area contributed by atoms with Gasteiger partial charge in [0.1, 0.15) is 0 Å². The van der Waals surface area contributed by atoms with Gasteiger partial charge in [0, 0.05) is 31.4 Å². The molecule has 0 saturated carbocycles. The first-order valence-electron chi connectivity index (χ1n) is 8.24.